The number of benzene rings is 1. The summed E-state index contributed by atoms with van der Waals surface area (Å²) in [5.74, 6) is 1.52. The van der Waals surface area contributed by atoms with E-state index in [1.165, 1.54) is 0 Å². The van der Waals surface area contributed by atoms with Gasteiger partial charge in [0.25, 0.3) is 0 Å². The maximum atomic E-state index is 6.21. The van der Waals surface area contributed by atoms with E-state index in [4.69, 9.17) is 10.5 Å². The lowest BCUT2D eigenvalue weighted by atomic mass is 10.1. The lowest BCUT2D eigenvalue weighted by Gasteiger charge is -2.04. The third-order valence-corrected chi connectivity index (χ3v) is 3.24. The number of ether oxygens (including phenoxy) is 1. The van der Waals surface area contributed by atoms with Crippen molar-refractivity contribution in [2.75, 3.05) is 12.3 Å². The number of imidazole rings is 1. The van der Waals surface area contributed by atoms with Gasteiger partial charge in [-0.3, -0.25) is 4.40 Å². The zero-order valence-electron chi connectivity index (χ0n) is 11.6. The summed E-state index contributed by atoms with van der Waals surface area (Å²) in [4.78, 5) is 4.60. The van der Waals surface area contributed by atoms with Crippen LogP contribution in [0.25, 0.3) is 16.9 Å². The largest absolute Gasteiger partial charge is 0.494 e. The Kier molecular flexibility index (Phi) is 3.06. The molecule has 2 N–H and O–H groups in total. The Morgan fingerprint density at radius 2 is 1.90 bits per heavy atom. The molecule has 102 valence electrons. The van der Waals surface area contributed by atoms with Gasteiger partial charge in [-0.2, -0.15) is 0 Å². The third kappa shape index (κ3) is 2.09. The van der Waals surface area contributed by atoms with Gasteiger partial charge in [0.15, 0.2) is 0 Å². The summed E-state index contributed by atoms with van der Waals surface area (Å²) >= 11 is 0. The fourth-order valence-electron chi connectivity index (χ4n) is 2.26. The molecule has 0 saturated heterocycles. The van der Waals surface area contributed by atoms with Crippen LogP contribution in [0, 0.1) is 6.92 Å². The van der Waals surface area contributed by atoms with Crippen molar-refractivity contribution < 1.29 is 4.74 Å². The summed E-state index contributed by atoms with van der Waals surface area (Å²) in [5, 5.41) is 0. The normalized spacial score (nSPS) is 10.9. The van der Waals surface area contributed by atoms with E-state index in [-0.39, 0.29) is 0 Å². The zero-order chi connectivity index (χ0) is 14.1. The Morgan fingerprint density at radius 1 is 1.15 bits per heavy atom. The zero-order valence-corrected chi connectivity index (χ0v) is 11.6. The van der Waals surface area contributed by atoms with E-state index in [1.807, 2.05) is 60.8 Å². The molecule has 2 heterocycles. The predicted octanol–water partition coefficient (Wildman–Crippen LogP) is 3.29. The number of nitrogen functional groups attached to an aromatic ring is 1. The second-order valence-corrected chi connectivity index (χ2v) is 4.74. The molecule has 0 aliphatic heterocycles. The molecule has 0 atom stereocenters. The number of aromatic nitrogens is 2. The first-order valence-corrected chi connectivity index (χ1v) is 6.66. The van der Waals surface area contributed by atoms with Crippen molar-refractivity contribution in [1.82, 2.24) is 9.38 Å². The van der Waals surface area contributed by atoms with Crippen LogP contribution in [0.3, 0.4) is 0 Å². The number of anilines is 1. The second-order valence-electron chi connectivity index (χ2n) is 4.74. The molecule has 0 aliphatic carbocycles. The molecular formula is C16H17N3O. The Balaban J connectivity index is 2.07. The van der Waals surface area contributed by atoms with Crippen LogP contribution in [0.5, 0.6) is 5.75 Å². The van der Waals surface area contributed by atoms with Crippen LogP contribution in [0.15, 0.2) is 42.6 Å². The molecular weight excluding hydrogens is 250 g/mol. The van der Waals surface area contributed by atoms with Crippen LogP contribution in [0.1, 0.15) is 12.5 Å². The summed E-state index contributed by atoms with van der Waals surface area (Å²) in [6.45, 7) is 4.67. The summed E-state index contributed by atoms with van der Waals surface area (Å²) in [7, 11) is 0. The average Bonchev–Trinajstić information content (AvgIpc) is 2.77. The second kappa shape index (κ2) is 4.89. The number of fused-ring (bicyclic) bond motifs is 1. The molecule has 0 amide bonds. The van der Waals surface area contributed by atoms with Gasteiger partial charge >= 0.3 is 0 Å². The molecule has 3 rings (SSSR count). The molecule has 0 fully saturated rings. The summed E-state index contributed by atoms with van der Waals surface area (Å²) in [6.07, 6.45) is 2.00. The van der Waals surface area contributed by atoms with Gasteiger partial charge in [0.1, 0.15) is 22.9 Å². The van der Waals surface area contributed by atoms with Gasteiger partial charge in [0.05, 0.1) is 6.61 Å². The monoisotopic (exact) mass is 267 g/mol. The summed E-state index contributed by atoms with van der Waals surface area (Å²) in [6, 6.07) is 11.8. The Bertz CT molecular complexity index is 744. The first-order chi connectivity index (χ1) is 9.69. The topological polar surface area (TPSA) is 52.5 Å². The van der Waals surface area contributed by atoms with Crippen molar-refractivity contribution in [3.05, 3.63) is 48.2 Å². The lowest BCUT2D eigenvalue weighted by molar-refractivity contribution is 0.340. The Hall–Kier alpha value is -2.49. The predicted molar refractivity (Wildman–Crippen MR) is 80.9 cm³/mol. The van der Waals surface area contributed by atoms with Crippen molar-refractivity contribution in [2.45, 2.75) is 13.8 Å². The van der Waals surface area contributed by atoms with E-state index < -0.39 is 0 Å². The highest BCUT2D eigenvalue weighted by Crippen LogP contribution is 2.28. The molecule has 3 aromatic rings. The lowest BCUT2D eigenvalue weighted by Crippen LogP contribution is -1.95. The fraction of sp³-hybridized carbons (Fsp3) is 0.188. The van der Waals surface area contributed by atoms with Crippen molar-refractivity contribution in [2.24, 2.45) is 0 Å². The summed E-state index contributed by atoms with van der Waals surface area (Å²) in [5.41, 5.74) is 10.0. The van der Waals surface area contributed by atoms with E-state index in [2.05, 4.69) is 4.98 Å². The Labute approximate surface area is 117 Å². The first-order valence-electron chi connectivity index (χ1n) is 6.66. The highest BCUT2D eigenvalue weighted by Gasteiger charge is 2.11. The molecule has 1 aromatic carbocycles. The molecule has 0 bridgehead atoms. The number of hydrogen-bond acceptors (Lipinski definition) is 3. The van der Waals surface area contributed by atoms with Crippen LogP contribution in [-0.4, -0.2) is 16.0 Å². The van der Waals surface area contributed by atoms with Crippen molar-refractivity contribution in [3.8, 4) is 17.0 Å². The Morgan fingerprint density at radius 3 is 2.60 bits per heavy atom. The minimum absolute atomic E-state index is 0.660. The highest BCUT2D eigenvalue weighted by molar-refractivity contribution is 5.75. The SMILES string of the molecule is CCOc1ccc(-c2nc3ccc(C)cn3c2N)cc1. The van der Waals surface area contributed by atoms with E-state index in [0.717, 1.165) is 28.2 Å². The van der Waals surface area contributed by atoms with Crippen molar-refractivity contribution in [1.29, 1.82) is 0 Å². The van der Waals surface area contributed by atoms with Crippen LogP contribution in [-0.2, 0) is 0 Å². The molecule has 4 nitrogen and oxygen atoms in total. The van der Waals surface area contributed by atoms with Gasteiger partial charge in [-0.05, 0) is 49.7 Å². The van der Waals surface area contributed by atoms with E-state index in [0.29, 0.717) is 12.4 Å². The number of hydrogen-bond donors (Lipinski definition) is 1. The van der Waals surface area contributed by atoms with E-state index in [1.54, 1.807) is 0 Å². The van der Waals surface area contributed by atoms with Crippen LogP contribution in [0.4, 0.5) is 5.82 Å². The maximum absolute atomic E-state index is 6.21. The number of rotatable bonds is 3. The third-order valence-electron chi connectivity index (χ3n) is 3.24. The number of aryl methyl sites for hydroxylation is 1. The van der Waals surface area contributed by atoms with Gasteiger partial charge in [-0.25, -0.2) is 4.98 Å². The number of nitrogens with zero attached hydrogens (tertiary/aromatic N) is 2. The minimum Gasteiger partial charge on any atom is -0.494 e. The number of nitrogens with two attached hydrogens (primary N) is 1. The molecule has 0 aliphatic rings. The average molecular weight is 267 g/mol. The summed E-state index contributed by atoms with van der Waals surface area (Å²) < 4.78 is 7.36. The smallest absolute Gasteiger partial charge is 0.139 e. The standard InChI is InChI=1S/C16H17N3O/c1-3-20-13-7-5-12(6-8-13)15-16(17)19-10-11(2)4-9-14(19)18-15/h4-10H,3,17H2,1-2H3. The molecule has 20 heavy (non-hydrogen) atoms. The fourth-order valence-corrected chi connectivity index (χ4v) is 2.26. The number of pyridine rings is 1. The van der Waals surface area contributed by atoms with Gasteiger partial charge in [-0.1, -0.05) is 6.07 Å². The van der Waals surface area contributed by atoms with Crippen molar-refractivity contribution >= 4 is 11.5 Å². The molecule has 0 radical (unpaired) electrons. The molecule has 0 unspecified atom stereocenters. The quantitative estimate of drug-likeness (QED) is 0.792. The molecule has 0 spiro atoms. The van der Waals surface area contributed by atoms with Crippen LogP contribution >= 0.6 is 0 Å². The van der Waals surface area contributed by atoms with E-state index in [9.17, 15) is 0 Å². The van der Waals surface area contributed by atoms with Crippen LogP contribution in [0.2, 0.25) is 0 Å². The van der Waals surface area contributed by atoms with Gasteiger partial charge in [0, 0.05) is 11.8 Å². The van der Waals surface area contributed by atoms with E-state index >= 15 is 0 Å². The highest BCUT2D eigenvalue weighted by atomic mass is 16.5. The first kappa shape index (κ1) is 12.5. The molecule has 4 heteroatoms. The molecule has 0 saturated carbocycles. The van der Waals surface area contributed by atoms with Gasteiger partial charge in [0.2, 0.25) is 0 Å². The molecule has 2 aromatic heterocycles. The van der Waals surface area contributed by atoms with Gasteiger partial charge < -0.3 is 10.5 Å². The van der Waals surface area contributed by atoms with Crippen molar-refractivity contribution in [3.63, 3.8) is 0 Å². The van der Waals surface area contributed by atoms with Crippen LogP contribution < -0.4 is 10.5 Å². The van der Waals surface area contributed by atoms with Gasteiger partial charge in [-0.15, -0.1) is 0 Å². The maximum Gasteiger partial charge on any atom is 0.139 e. The minimum atomic E-state index is 0.660.